The van der Waals surface area contributed by atoms with E-state index in [0.717, 1.165) is 11.3 Å². The SMILES string of the molecule is CC(=O)CC(C)O.Cc1cc(C)c(B(c2cccc(-c3cn(C)nn3)c2)c2c(C)cc(C)cc2C)c(C)c1.[Pt+2]. The van der Waals surface area contributed by atoms with Crippen molar-refractivity contribution in [3.05, 3.63) is 88.1 Å². The van der Waals surface area contributed by atoms with E-state index in [1.165, 1.54) is 56.7 Å². The van der Waals surface area contributed by atoms with Gasteiger partial charge in [0.05, 0.1) is 12.3 Å². The van der Waals surface area contributed by atoms with Crippen LogP contribution in [0.4, 0.5) is 0 Å². The van der Waals surface area contributed by atoms with Crippen molar-refractivity contribution in [1.82, 2.24) is 15.0 Å². The van der Waals surface area contributed by atoms with Crippen LogP contribution in [-0.4, -0.2) is 38.7 Å². The second-order valence-corrected chi connectivity index (χ2v) is 10.7. The Labute approximate surface area is 248 Å². The third-order valence-electron chi connectivity index (χ3n) is 6.75. The van der Waals surface area contributed by atoms with Gasteiger partial charge in [-0.1, -0.05) is 104 Å². The molecule has 4 rings (SSSR count). The summed E-state index contributed by atoms with van der Waals surface area (Å²) in [6.45, 7) is 16.6. The molecule has 1 atom stereocenters. The number of aromatic nitrogens is 3. The van der Waals surface area contributed by atoms with Gasteiger partial charge in [-0.3, -0.25) is 9.48 Å². The molecule has 1 unspecified atom stereocenters. The quantitative estimate of drug-likeness (QED) is 0.306. The number of benzene rings is 3. The molecule has 1 N–H and O–H groups in total. The maximum absolute atomic E-state index is 10.1. The van der Waals surface area contributed by atoms with Gasteiger partial charge in [0.1, 0.15) is 11.5 Å². The monoisotopic (exact) mass is 704 g/mol. The zero-order chi connectivity index (χ0) is 28.1. The molecule has 0 saturated carbocycles. The zero-order valence-corrected chi connectivity index (χ0v) is 26.8. The van der Waals surface area contributed by atoms with Crippen molar-refractivity contribution >= 4 is 28.9 Å². The van der Waals surface area contributed by atoms with Crippen LogP contribution in [0.2, 0.25) is 0 Å². The molecule has 7 heteroatoms. The fourth-order valence-electron chi connectivity index (χ4n) is 5.54. The first-order valence-electron chi connectivity index (χ1n) is 13.2. The van der Waals surface area contributed by atoms with Crippen molar-refractivity contribution in [2.75, 3.05) is 0 Å². The summed E-state index contributed by atoms with van der Waals surface area (Å²) in [5.74, 6) is 0.0370. The predicted octanol–water partition coefficient (Wildman–Crippen LogP) is 4.19. The fraction of sp³-hybridized carbons (Fsp3) is 0.344. The molecule has 0 aliphatic heterocycles. The molecule has 5 nitrogen and oxygen atoms in total. The summed E-state index contributed by atoms with van der Waals surface area (Å²) in [6.07, 6.45) is 1.77. The van der Waals surface area contributed by atoms with Crippen molar-refractivity contribution in [2.24, 2.45) is 7.05 Å². The molecule has 0 bridgehead atoms. The van der Waals surface area contributed by atoms with Crippen molar-refractivity contribution < 1.29 is 31.0 Å². The Morgan fingerprint density at radius 3 is 1.74 bits per heavy atom. The van der Waals surface area contributed by atoms with Crippen molar-refractivity contribution in [3.63, 3.8) is 0 Å². The van der Waals surface area contributed by atoms with Crippen molar-refractivity contribution in [3.8, 4) is 11.3 Å². The number of rotatable bonds is 6. The maximum atomic E-state index is 10.1. The Hall–Kier alpha value is -2.82. The van der Waals surface area contributed by atoms with E-state index in [-0.39, 0.29) is 40.0 Å². The Balaban J connectivity index is 0.000000592. The van der Waals surface area contributed by atoms with Crippen LogP contribution in [-0.2, 0) is 32.9 Å². The Morgan fingerprint density at radius 1 is 0.897 bits per heavy atom. The molecular weight excluding hydrogens is 664 g/mol. The number of carbonyl (C=O) groups is 1. The van der Waals surface area contributed by atoms with E-state index in [1.807, 2.05) is 13.2 Å². The van der Waals surface area contributed by atoms with E-state index >= 15 is 0 Å². The normalized spacial score (nSPS) is 11.2. The van der Waals surface area contributed by atoms with Gasteiger partial charge in [-0.05, 0) is 55.4 Å². The number of ketones is 1. The fourth-order valence-corrected chi connectivity index (χ4v) is 5.54. The zero-order valence-electron chi connectivity index (χ0n) is 24.6. The molecule has 0 radical (unpaired) electrons. The number of aliphatic hydroxyl groups excluding tert-OH is 1. The average Bonchev–Trinajstić information content (AvgIpc) is 3.23. The molecule has 0 amide bonds. The molecule has 39 heavy (non-hydrogen) atoms. The van der Waals surface area contributed by atoms with Crippen LogP contribution in [0.5, 0.6) is 0 Å². The van der Waals surface area contributed by atoms with Crippen LogP contribution in [0.3, 0.4) is 0 Å². The number of aliphatic hydroxyl groups is 1. The Morgan fingerprint density at radius 2 is 1.38 bits per heavy atom. The second-order valence-electron chi connectivity index (χ2n) is 10.7. The molecule has 0 saturated heterocycles. The summed E-state index contributed by atoms with van der Waals surface area (Å²) in [7, 11) is 1.90. The Bertz CT molecular complexity index is 1340. The number of carbonyl (C=O) groups excluding carboxylic acids is 1. The van der Waals surface area contributed by atoms with Gasteiger partial charge in [0.25, 0.3) is 0 Å². The summed E-state index contributed by atoms with van der Waals surface area (Å²) in [6, 6.07) is 18.0. The van der Waals surface area contributed by atoms with Crippen LogP contribution in [0.1, 0.15) is 53.6 Å². The maximum Gasteiger partial charge on any atom is 2.00 e. The minimum absolute atomic E-state index is 0. The number of nitrogens with zero attached hydrogens (tertiary/aromatic N) is 3. The molecule has 0 spiro atoms. The van der Waals surface area contributed by atoms with Gasteiger partial charge in [0.15, 0.2) is 0 Å². The van der Waals surface area contributed by atoms with E-state index < -0.39 is 6.10 Å². The van der Waals surface area contributed by atoms with Gasteiger partial charge >= 0.3 is 21.1 Å². The molecule has 3 aromatic carbocycles. The summed E-state index contributed by atoms with van der Waals surface area (Å²) >= 11 is 0. The van der Waals surface area contributed by atoms with E-state index in [4.69, 9.17) is 5.11 Å². The smallest absolute Gasteiger partial charge is 0.393 e. The first kappa shape index (κ1) is 32.4. The van der Waals surface area contributed by atoms with Crippen molar-refractivity contribution in [1.29, 1.82) is 0 Å². The van der Waals surface area contributed by atoms with E-state index in [0.29, 0.717) is 0 Å². The van der Waals surface area contributed by atoms with Crippen LogP contribution in [0.25, 0.3) is 11.3 Å². The van der Waals surface area contributed by atoms with Crippen molar-refractivity contribution in [2.45, 2.75) is 67.9 Å². The minimum atomic E-state index is -0.475. The van der Waals surface area contributed by atoms with Crippen LogP contribution in [0, 0.1) is 41.5 Å². The molecule has 1 heterocycles. The van der Waals surface area contributed by atoms with E-state index in [2.05, 4.69) is 100 Å². The average molecular weight is 705 g/mol. The first-order chi connectivity index (χ1) is 17.9. The molecule has 0 aliphatic carbocycles. The van der Waals surface area contributed by atoms with Crippen LogP contribution >= 0.6 is 0 Å². The van der Waals surface area contributed by atoms with Gasteiger partial charge in [-0.2, -0.15) is 0 Å². The predicted molar refractivity (Wildman–Crippen MR) is 159 cm³/mol. The number of hydrogen-bond donors (Lipinski definition) is 1. The van der Waals surface area contributed by atoms with Gasteiger partial charge in [-0.25, -0.2) is 0 Å². The summed E-state index contributed by atoms with van der Waals surface area (Å²) in [4.78, 5) is 10.1. The van der Waals surface area contributed by atoms with Crippen LogP contribution < -0.4 is 16.4 Å². The minimum Gasteiger partial charge on any atom is -0.393 e. The number of aryl methyl sites for hydroxylation is 7. The molecular formula is C32H40BN3O2Pt+2. The number of Topliss-reactive ketones (excluding diaryl/α,β-unsaturated/α-hetero) is 1. The standard InChI is InChI=1S/C27H30BN3.C5H10O2.Pt/c1-17-11-19(3)26(20(4)12-17)28(27-21(5)13-18(2)14-22(27)6)24-10-8-9-23(15-24)25-16-31(7)30-29-25;1-4(6)3-5(2)7;/h8-16H,1-7H3;4,6H,3H2,1-2H3;/q;;+2. The summed E-state index contributed by atoms with van der Waals surface area (Å²) in [5.41, 5.74) is 14.1. The first-order valence-corrected chi connectivity index (χ1v) is 13.2. The largest absolute Gasteiger partial charge is 2.00 e. The Kier molecular flexibility index (Phi) is 11.6. The molecule has 4 aromatic rings. The molecule has 0 aliphatic rings. The van der Waals surface area contributed by atoms with Gasteiger partial charge in [0.2, 0.25) is 6.71 Å². The summed E-state index contributed by atoms with van der Waals surface area (Å²) in [5, 5.41) is 17.0. The molecule has 1 aromatic heterocycles. The molecule has 206 valence electrons. The van der Waals surface area contributed by atoms with Gasteiger partial charge < -0.3 is 5.11 Å². The molecule has 0 fully saturated rings. The third kappa shape index (κ3) is 8.33. The van der Waals surface area contributed by atoms with Gasteiger partial charge in [0, 0.05) is 19.0 Å². The summed E-state index contributed by atoms with van der Waals surface area (Å²) < 4.78 is 1.75. The topological polar surface area (TPSA) is 68.0 Å². The number of hydrogen-bond acceptors (Lipinski definition) is 4. The second kappa shape index (κ2) is 14.0. The van der Waals surface area contributed by atoms with E-state index in [1.54, 1.807) is 11.6 Å². The van der Waals surface area contributed by atoms with E-state index in [9.17, 15) is 4.79 Å². The van der Waals surface area contributed by atoms with Crippen LogP contribution in [0.15, 0.2) is 54.7 Å². The third-order valence-corrected chi connectivity index (χ3v) is 6.75. The van der Waals surface area contributed by atoms with Gasteiger partial charge in [-0.15, -0.1) is 5.10 Å².